The Morgan fingerprint density at radius 3 is 2.41 bits per heavy atom. The van der Waals surface area contributed by atoms with Gasteiger partial charge in [0.1, 0.15) is 5.69 Å². The zero-order chi connectivity index (χ0) is 19.4. The van der Waals surface area contributed by atoms with Gasteiger partial charge in [-0.1, -0.05) is 23.7 Å². The SMILES string of the molecule is O=C(Nc1ccc(Cl)cc1)c1ccnc(Nc2ccccc2C(F)(F)F)n1. The van der Waals surface area contributed by atoms with Crippen LogP contribution in [0, 0.1) is 0 Å². The van der Waals surface area contributed by atoms with Gasteiger partial charge in [0.25, 0.3) is 5.91 Å². The second-order valence-corrected chi connectivity index (χ2v) is 5.83. The molecule has 0 aliphatic rings. The number of amides is 1. The van der Waals surface area contributed by atoms with Gasteiger partial charge in [-0.25, -0.2) is 9.97 Å². The number of para-hydroxylation sites is 1. The molecule has 1 heterocycles. The third-order valence-corrected chi connectivity index (χ3v) is 3.72. The number of halogens is 4. The standard InChI is InChI=1S/C18H12ClF3N4O/c19-11-5-7-12(8-6-11)24-16(27)15-9-10-23-17(26-15)25-14-4-2-1-3-13(14)18(20,21)22/h1-10H,(H,24,27)(H,23,25,26). The number of hydrogen-bond acceptors (Lipinski definition) is 4. The maximum absolute atomic E-state index is 13.1. The van der Waals surface area contributed by atoms with Crippen molar-refractivity contribution in [1.29, 1.82) is 0 Å². The van der Waals surface area contributed by atoms with Gasteiger partial charge < -0.3 is 10.6 Å². The molecule has 9 heteroatoms. The van der Waals surface area contributed by atoms with Crippen LogP contribution in [0.4, 0.5) is 30.5 Å². The number of nitrogens with zero attached hydrogens (tertiary/aromatic N) is 2. The minimum Gasteiger partial charge on any atom is -0.324 e. The Hall–Kier alpha value is -3.13. The summed E-state index contributed by atoms with van der Waals surface area (Å²) in [6.45, 7) is 0. The zero-order valence-electron chi connectivity index (χ0n) is 13.6. The molecule has 0 saturated heterocycles. The molecule has 5 nitrogen and oxygen atoms in total. The molecule has 0 saturated carbocycles. The van der Waals surface area contributed by atoms with Crippen LogP contribution in [0.15, 0.2) is 60.8 Å². The van der Waals surface area contributed by atoms with E-state index in [-0.39, 0.29) is 17.3 Å². The molecule has 3 aromatic rings. The van der Waals surface area contributed by atoms with E-state index >= 15 is 0 Å². The quantitative estimate of drug-likeness (QED) is 0.644. The van der Waals surface area contributed by atoms with Gasteiger partial charge in [-0.15, -0.1) is 0 Å². The van der Waals surface area contributed by atoms with Gasteiger partial charge in [-0.2, -0.15) is 13.2 Å². The van der Waals surface area contributed by atoms with E-state index in [9.17, 15) is 18.0 Å². The Morgan fingerprint density at radius 1 is 1.00 bits per heavy atom. The van der Waals surface area contributed by atoms with Gasteiger partial charge in [-0.3, -0.25) is 4.79 Å². The lowest BCUT2D eigenvalue weighted by molar-refractivity contribution is -0.136. The first-order chi connectivity index (χ1) is 12.8. The van der Waals surface area contributed by atoms with Crippen molar-refractivity contribution < 1.29 is 18.0 Å². The van der Waals surface area contributed by atoms with Crippen LogP contribution in [0.1, 0.15) is 16.1 Å². The molecule has 2 N–H and O–H groups in total. The summed E-state index contributed by atoms with van der Waals surface area (Å²) in [4.78, 5) is 20.1. The summed E-state index contributed by atoms with van der Waals surface area (Å²) in [5.74, 6) is -0.665. The predicted molar refractivity (Wildman–Crippen MR) is 96.2 cm³/mol. The van der Waals surface area contributed by atoms with Gasteiger partial charge in [0.05, 0.1) is 11.3 Å². The number of hydrogen-bond donors (Lipinski definition) is 2. The van der Waals surface area contributed by atoms with Crippen LogP contribution >= 0.6 is 11.6 Å². The number of nitrogens with one attached hydrogen (secondary N) is 2. The number of benzene rings is 2. The van der Waals surface area contributed by atoms with E-state index in [4.69, 9.17) is 11.6 Å². The Balaban J connectivity index is 1.80. The molecular formula is C18H12ClF3N4O. The van der Waals surface area contributed by atoms with Gasteiger partial charge in [0.2, 0.25) is 5.95 Å². The molecule has 0 radical (unpaired) electrons. The van der Waals surface area contributed by atoms with Crippen LogP contribution in [0.2, 0.25) is 5.02 Å². The van der Waals surface area contributed by atoms with Crippen LogP contribution in [-0.4, -0.2) is 15.9 Å². The summed E-state index contributed by atoms with van der Waals surface area (Å²) in [7, 11) is 0. The van der Waals surface area contributed by atoms with E-state index in [1.54, 1.807) is 24.3 Å². The fourth-order valence-corrected chi connectivity index (χ4v) is 2.36. The minimum atomic E-state index is -4.53. The highest BCUT2D eigenvalue weighted by Crippen LogP contribution is 2.35. The van der Waals surface area contributed by atoms with Gasteiger partial charge >= 0.3 is 6.18 Å². The van der Waals surface area contributed by atoms with Crippen molar-refractivity contribution in [2.75, 3.05) is 10.6 Å². The maximum Gasteiger partial charge on any atom is 0.418 e. The Labute approximate surface area is 157 Å². The van der Waals surface area contributed by atoms with Crippen molar-refractivity contribution >= 4 is 34.8 Å². The highest BCUT2D eigenvalue weighted by atomic mass is 35.5. The molecule has 0 fully saturated rings. The molecule has 1 amide bonds. The normalized spacial score (nSPS) is 11.1. The molecule has 0 bridgehead atoms. The summed E-state index contributed by atoms with van der Waals surface area (Å²) >= 11 is 5.79. The summed E-state index contributed by atoms with van der Waals surface area (Å²) in [6.07, 6.45) is -3.25. The van der Waals surface area contributed by atoms with E-state index in [1.807, 2.05) is 0 Å². The lowest BCUT2D eigenvalue weighted by atomic mass is 10.1. The van der Waals surface area contributed by atoms with Crippen LogP contribution in [0.3, 0.4) is 0 Å². The van der Waals surface area contributed by atoms with E-state index in [0.717, 1.165) is 6.07 Å². The first kappa shape index (κ1) is 18.7. The second kappa shape index (κ2) is 7.63. The van der Waals surface area contributed by atoms with Crippen LogP contribution < -0.4 is 10.6 Å². The van der Waals surface area contributed by atoms with Crippen molar-refractivity contribution in [1.82, 2.24) is 9.97 Å². The van der Waals surface area contributed by atoms with Crippen LogP contribution in [-0.2, 0) is 6.18 Å². The van der Waals surface area contributed by atoms with Crippen molar-refractivity contribution in [3.8, 4) is 0 Å². The highest BCUT2D eigenvalue weighted by Gasteiger charge is 2.33. The smallest absolute Gasteiger partial charge is 0.324 e. The second-order valence-electron chi connectivity index (χ2n) is 5.39. The van der Waals surface area contributed by atoms with Crippen molar-refractivity contribution in [3.63, 3.8) is 0 Å². The molecule has 0 aliphatic heterocycles. The van der Waals surface area contributed by atoms with Gasteiger partial charge in [-0.05, 0) is 42.5 Å². The Kier molecular flexibility index (Phi) is 5.27. The molecule has 0 atom stereocenters. The number of rotatable bonds is 4. The monoisotopic (exact) mass is 392 g/mol. The molecular weight excluding hydrogens is 381 g/mol. The molecule has 2 aromatic carbocycles. The topological polar surface area (TPSA) is 66.9 Å². The first-order valence-electron chi connectivity index (χ1n) is 7.66. The van der Waals surface area contributed by atoms with E-state index < -0.39 is 17.6 Å². The molecule has 0 unspecified atom stereocenters. The van der Waals surface area contributed by atoms with Crippen molar-refractivity contribution in [3.05, 3.63) is 77.1 Å². The molecule has 0 spiro atoms. The lowest BCUT2D eigenvalue weighted by Gasteiger charge is -2.13. The average Bonchev–Trinajstić information content (AvgIpc) is 2.63. The van der Waals surface area contributed by atoms with Crippen molar-refractivity contribution in [2.45, 2.75) is 6.18 Å². The molecule has 0 aliphatic carbocycles. The summed E-state index contributed by atoms with van der Waals surface area (Å²) in [5, 5.41) is 5.64. The van der Waals surface area contributed by atoms with Crippen LogP contribution in [0.5, 0.6) is 0 Å². The zero-order valence-corrected chi connectivity index (χ0v) is 14.3. The lowest BCUT2D eigenvalue weighted by Crippen LogP contribution is -2.15. The number of aromatic nitrogens is 2. The molecule has 27 heavy (non-hydrogen) atoms. The largest absolute Gasteiger partial charge is 0.418 e. The number of alkyl halides is 3. The first-order valence-corrected chi connectivity index (χ1v) is 8.04. The van der Waals surface area contributed by atoms with E-state index in [0.29, 0.717) is 10.7 Å². The van der Waals surface area contributed by atoms with Gasteiger partial charge in [0.15, 0.2) is 0 Å². The fourth-order valence-electron chi connectivity index (χ4n) is 2.23. The Morgan fingerprint density at radius 2 is 1.70 bits per heavy atom. The van der Waals surface area contributed by atoms with Crippen molar-refractivity contribution in [2.24, 2.45) is 0 Å². The summed E-state index contributed by atoms with van der Waals surface area (Å²) < 4.78 is 39.2. The van der Waals surface area contributed by atoms with Gasteiger partial charge in [0, 0.05) is 16.9 Å². The van der Waals surface area contributed by atoms with E-state index in [2.05, 4.69) is 20.6 Å². The third kappa shape index (κ3) is 4.73. The fraction of sp³-hybridized carbons (Fsp3) is 0.0556. The van der Waals surface area contributed by atoms with Crippen LogP contribution in [0.25, 0.3) is 0 Å². The Bertz CT molecular complexity index is 961. The highest BCUT2D eigenvalue weighted by molar-refractivity contribution is 6.30. The summed E-state index contributed by atoms with van der Waals surface area (Å²) in [6, 6.07) is 12.7. The summed E-state index contributed by atoms with van der Waals surface area (Å²) in [5.41, 5.74) is -0.572. The molecule has 1 aromatic heterocycles. The third-order valence-electron chi connectivity index (χ3n) is 3.47. The number of carbonyl (C=O) groups excluding carboxylic acids is 1. The number of carbonyl (C=O) groups is 1. The minimum absolute atomic E-state index is 0.00746. The number of anilines is 3. The average molecular weight is 393 g/mol. The molecule has 3 rings (SSSR count). The molecule has 138 valence electrons. The predicted octanol–water partition coefficient (Wildman–Crippen LogP) is 5.14. The van der Waals surface area contributed by atoms with E-state index in [1.165, 1.54) is 30.5 Å². The maximum atomic E-state index is 13.1.